The van der Waals surface area contributed by atoms with Gasteiger partial charge in [0.05, 0.1) is 23.1 Å². The van der Waals surface area contributed by atoms with Crippen molar-refractivity contribution in [2.75, 3.05) is 11.1 Å². The SMILES string of the molecule is [C-]#[N+]c1ccc(NC(=O)C(C)(O)CS(=O)c2ccc(C)cc2)cc1C. The number of carbonyl (C=O) groups is 1. The molecule has 0 saturated heterocycles. The molecule has 0 aliphatic carbocycles. The maximum Gasteiger partial charge on any atom is 0.257 e. The summed E-state index contributed by atoms with van der Waals surface area (Å²) in [5, 5.41) is 13.1. The van der Waals surface area contributed by atoms with Crippen LogP contribution in [0.25, 0.3) is 4.85 Å². The highest BCUT2D eigenvalue weighted by Gasteiger charge is 2.33. The van der Waals surface area contributed by atoms with Gasteiger partial charge in [-0.2, -0.15) is 0 Å². The molecule has 0 heterocycles. The summed E-state index contributed by atoms with van der Waals surface area (Å²) in [6, 6.07) is 12.0. The Hall–Kier alpha value is -2.49. The molecule has 2 rings (SSSR count). The Kier molecular flexibility index (Phi) is 5.73. The van der Waals surface area contributed by atoms with Crippen molar-refractivity contribution in [2.24, 2.45) is 0 Å². The lowest BCUT2D eigenvalue weighted by Gasteiger charge is -2.22. The largest absolute Gasteiger partial charge is 0.379 e. The first-order chi connectivity index (χ1) is 11.7. The van der Waals surface area contributed by atoms with Crippen molar-refractivity contribution in [3.8, 4) is 0 Å². The van der Waals surface area contributed by atoms with Crippen molar-refractivity contribution >= 4 is 28.1 Å². The van der Waals surface area contributed by atoms with Gasteiger partial charge in [-0.1, -0.05) is 23.8 Å². The summed E-state index contributed by atoms with van der Waals surface area (Å²) in [6.45, 7) is 12.1. The standard InChI is InChI=1S/C19H20N2O3S/c1-13-5-8-16(9-6-13)25(24)12-19(3,23)18(22)21-15-7-10-17(20-4)14(2)11-15/h5-11,23H,12H2,1-3H3,(H,21,22). The molecule has 0 aliphatic heterocycles. The van der Waals surface area contributed by atoms with Crippen molar-refractivity contribution in [2.45, 2.75) is 31.3 Å². The minimum absolute atomic E-state index is 0.207. The number of carbonyl (C=O) groups excluding carboxylic acids is 1. The van der Waals surface area contributed by atoms with Crippen LogP contribution in [-0.2, 0) is 15.6 Å². The minimum Gasteiger partial charge on any atom is -0.379 e. The van der Waals surface area contributed by atoms with Gasteiger partial charge >= 0.3 is 0 Å². The smallest absolute Gasteiger partial charge is 0.257 e. The number of aryl methyl sites for hydroxylation is 2. The van der Waals surface area contributed by atoms with E-state index in [1.54, 1.807) is 37.3 Å². The van der Waals surface area contributed by atoms with Crippen LogP contribution in [0, 0.1) is 20.4 Å². The predicted molar refractivity (Wildman–Crippen MR) is 99.1 cm³/mol. The monoisotopic (exact) mass is 356 g/mol. The van der Waals surface area contributed by atoms with Gasteiger partial charge < -0.3 is 10.4 Å². The summed E-state index contributed by atoms with van der Waals surface area (Å²) in [5.41, 5.74) is 0.975. The van der Waals surface area contributed by atoms with Crippen molar-refractivity contribution in [3.05, 3.63) is 65.0 Å². The molecule has 0 spiro atoms. The van der Waals surface area contributed by atoms with Crippen LogP contribution < -0.4 is 5.32 Å². The van der Waals surface area contributed by atoms with Gasteiger partial charge in [0.15, 0.2) is 11.3 Å². The lowest BCUT2D eigenvalue weighted by atomic mass is 10.1. The third-order valence-electron chi connectivity index (χ3n) is 3.76. The summed E-state index contributed by atoms with van der Waals surface area (Å²) >= 11 is 0. The number of hydrogen-bond donors (Lipinski definition) is 2. The molecule has 0 radical (unpaired) electrons. The highest BCUT2D eigenvalue weighted by molar-refractivity contribution is 7.85. The molecule has 5 nitrogen and oxygen atoms in total. The maximum absolute atomic E-state index is 12.4. The van der Waals surface area contributed by atoms with E-state index < -0.39 is 22.3 Å². The first-order valence-corrected chi connectivity index (χ1v) is 9.02. The quantitative estimate of drug-likeness (QED) is 0.807. The second-order valence-corrected chi connectivity index (χ2v) is 7.60. The Morgan fingerprint density at radius 3 is 2.44 bits per heavy atom. The van der Waals surface area contributed by atoms with Gasteiger partial charge in [-0.25, -0.2) is 4.85 Å². The van der Waals surface area contributed by atoms with E-state index in [1.165, 1.54) is 6.92 Å². The first-order valence-electron chi connectivity index (χ1n) is 7.70. The number of nitrogens with one attached hydrogen (secondary N) is 1. The fraction of sp³-hybridized carbons (Fsp3) is 0.263. The van der Waals surface area contributed by atoms with E-state index >= 15 is 0 Å². The van der Waals surface area contributed by atoms with E-state index in [-0.39, 0.29) is 5.75 Å². The molecule has 0 fully saturated rings. The molecular formula is C19H20N2O3S. The van der Waals surface area contributed by atoms with Crippen LogP contribution in [0.15, 0.2) is 47.4 Å². The Morgan fingerprint density at radius 2 is 1.88 bits per heavy atom. The highest BCUT2D eigenvalue weighted by Crippen LogP contribution is 2.23. The lowest BCUT2D eigenvalue weighted by molar-refractivity contribution is -0.130. The third kappa shape index (κ3) is 4.75. The van der Waals surface area contributed by atoms with Crippen LogP contribution in [0.3, 0.4) is 0 Å². The molecule has 1 amide bonds. The van der Waals surface area contributed by atoms with Crippen LogP contribution in [-0.4, -0.2) is 26.6 Å². The molecule has 2 N–H and O–H groups in total. The summed E-state index contributed by atoms with van der Waals surface area (Å²) in [5.74, 6) is -0.844. The Labute approximate surface area is 150 Å². The van der Waals surface area contributed by atoms with Crippen molar-refractivity contribution in [1.82, 2.24) is 0 Å². The van der Waals surface area contributed by atoms with Gasteiger partial charge in [-0.05, 0) is 50.6 Å². The number of amides is 1. The molecule has 0 aromatic heterocycles. The molecule has 2 aromatic rings. The maximum atomic E-state index is 12.4. The van der Waals surface area contributed by atoms with Crippen LogP contribution >= 0.6 is 0 Å². The average molecular weight is 356 g/mol. The number of benzene rings is 2. The van der Waals surface area contributed by atoms with E-state index in [0.29, 0.717) is 16.3 Å². The van der Waals surface area contributed by atoms with E-state index in [0.717, 1.165) is 11.1 Å². The molecule has 0 bridgehead atoms. The summed E-state index contributed by atoms with van der Waals surface area (Å²) in [4.78, 5) is 16.3. The summed E-state index contributed by atoms with van der Waals surface area (Å²) in [7, 11) is -1.50. The van der Waals surface area contributed by atoms with Crippen molar-refractivity contribution in [1.29, 1.82) is 0 Å². The van der Waals surface area contributed by atoms with Crippen LogP contribution in [0.1, 0.15) is 18.1 Å². The molecule has 0 aliphatic rings. The molecule has 25 heavy (non-hydrogen) atoms. The van der Waals surface area contributed by atoms with Crippen molar-refractivity contribution < 1.29 is 14.1 Å². The second kappa shape index (κ2) is 7.60. The molecule has 2 unspecified atom stereocenters. The van der Waals surface area contributed by atoms with Crippen LogP contribution in [0.4, 0.5) is 11.4 Å². The number of aliphatic hydroxyl groups is 1. The minimum atomic E-state index is -1.79. The van der Waals surface area contributed by atoms with Crippen LogP contribution in [0.5, 0.6) is 0 Å². The molecular weight excluding hydrogens is 336 g/mol. The zero-order chi connectivity index (χ0) is 18.6. The lowest BCUT2D eigenvalue weighted by Crippen LogP contribution is -2.44. The molecule has 130 valence electrons. The molecule has 2 atom stereocenters. The van der Waals surface area contributed by atoms with E-state index in [2.05, 4.69) is 10.2 Å². The summed E-state index contributed by atoms with van der Waals surface area (Å²) in [6.07, 6.45) is 0. The van der Waals surface area contributed by atoms with Gasteiger partial charge in [0.25, 0.3) is 5.91 Å². The van der Waals surface area contributed by atoms with Gasteiger partial charge in [0.1, 0.15) is 0 Å². The van der Waals surface area contributed by atoms with E-state index in [1.807, 2.05) is 19.1 Å². The molecule has 2 aromatic carbocycles. The normalized spacial score (nSPS) is 14.2. The zero-order valence-corrected chi connectivity index (χ0v) is 15.2. The Bertz CT molecular complexity index is 852. The second-order valence-electron chi connectivity index (χ2n) is 6.14. The Balaban J connectivity index is 2.09. The fourth-order valence-corrected chi connectivity index (χ4v) is 3.47. The highest BCUT2D eigenvalue weighted by atomic mass is 32.2. The van der Waals surface area contributed by atoms with Gasteiger partial charge in [0.2, 0.25) is 0 Å². The molecule has 0 saturated carbocycles. The van der Waals surface area contributed by atoms with Gasteiger partial charge in [-0.3, -0.25) is 9.00 Å². The fourth-order valence-electron chi connectivity index (χ4n) is 2.22. The third-order valence-corrected chi connectivity index (χ3v) is 5.38. The average Bonchev–Trinajstić information content (AvgIpc) is 2.55. The molecule has 6 heteroatoms. The number of anilines is 1. The van der Waals surface area contributed by atoms with Gasteiger partial charge in [-0.15, -0.1) is 0 Å². The number of hydrogen-bond acceptors (Lipinski definition) is 3. The first kappa shape index (κ1) is 18.8. The number of rotatable bonds is 5. The number of nitrogens with zero attached hydrogens (tertiary/aromatic N) is 1. The predicted octanol–water partition coefficient (Wildman–Crippen LogP) is 3.35. The zero-order valence-electron chi connectivity index (χ0n) is 14.4. The topological polar surface area (TPSA) is 70.8 Å². The van der Waals surface area contributed by atoms with Crippen LogP contribution in [0.2, 0.25) is 0 Å². The van der Waals surface area contributed by atoms with Crippen molar-refractivity contribution in [3.63, 3.8) is 0 Å². The summed E-state index contributed by atoms with van der Waals surface area (Å²) < 4.78 is 12.4. The van der Waals surface area contributed by atoms with E-state index in [4.69, 9.17) is 6.57 Å². The van der Waals surface area contributed by atoms with E-state index in [9.17, 15) is 14.1 Å². The Morgan fingerprint density at radius 1 is 1.24 bits per heavy atom. The van der Waals surface area contributed by atoms with Gasteiger partial charge in [0, 0.05) is 10.6 Å².